The molecule has 216 valence electrons. The minimum absolute atomic E-state index is 0.200. The fraction of sp³-hybridized carbons (Fsp3) is 0. The summed E-state index contributed by atoms with van der Waals surface area (Å²) in [6.45, 7) is 0. The molecule has 0 fully saturated rings. The van der Waals surface area contributed by atoms with E-state index in [0.29, 0.717) is 4.91 Å². The SMILES string of the molecule is O=C1N=C(c2ccccc2)SC1=Cc1ccc(N(c2ccccc2)c2ccc(N(c3ccccc3)c3ccccc3)cc2)cc1. The van der Waals surface area contributed by atoms with Gasteiger partial charge in [-0.15, -0.1) is 0 Å². The molecule has 4 nitrogen and oxygen atoms in total. The van der Waals surface area contributed by atoms with E-state index in [0.717, 1.165) is 50.3 Å². The number of thioether (sulfide) groups is 1. The fourth-order valence-corrected chi connectivity index (χ4v) is 6.28. The number of aliphatic imine (C=N–C) groups is 1. The molecule has 0 saturated heterocycles. The largest absolute Gasteiger partial charge is 0.311 e. The molecule has 0 bridgehead atoms. The zero-order chi connectivity index (χ0) is 30.4. The topological polar surface area (TPSA) is 35.9 Å². The van der Waals surface area contributed by atoms with Gasteiger partial charge in [0.2, 0.25) is 0 Å². The van der Waals surface area contributed by atoms with Crippen molar-refractivity contribution in [3.05, 3.63) is 186 Å². The zero-order valence-corrected chi connectivity index (χ0v) is 25.2. The smallest absolute Gasteiger partial charge is 0.284 e. The van der Waals surface area contributed by atoms with Gasteiger partial charge in [0, 0.05) is 39.7 Å². The minimum Gasteiger partial charge on any atom is -0.311 e. The molecular formula is C40H29N3OS. The van der Waals surface area contributed by atoms with Gasteiger partial charge in [-0.25, -0.2) is 4.99 Å². The van der Waals surface area contributed by atoms with Crippen LogP contribution in [-0.2, 0) is 4.79 Å². The summed E-state index contributed by atoms with van der Waals surface area (Å²) in [5, 5.41) is 0.736. The molecule has 1 aliphatic rings. The van der Waals surface area contributed by atoms with Gasteiger partial charge in [0.25, 0.3) is 5.91 Å². The van der Waals surface area contributed by atoms with Crippen LogP contribution in [0.2, 0.25) is 0 Å². The van der Waals surface area contributed by atoms with Crippen LogP contribution in [0.4, 0.5) is 34.1 Å². The van der Waals surface area contributed by atoms with Crippen LogP contribution in [0.15, 0.2) is 180 Å². The molecule has 45 heavy (non-hydrogen) atoms. The van der Waals surface area contributed by atoms with Crippen molar-refractivity contribution in [1.29, 1.82) is 0 Å². The Hall–Kier alpha value is -5.65. The molecule has 7 rings (SSSR count). The number of carbonyl (C=O) groups is 1. The van der Waals surface area contributed by atoms with Crippen LogP contribution in [0.25, 0.3) is 6.08 Å². The van der Waals surface area contributed by atoms with Gasteiger partial charge in [0.05, 0.1) is 4.91 Å². The molecule has 0 radical (unpaired) electrons. The van der Waals surface area contributed by atoms with E-state index in [-0.39, 0.29) is 5.91 Å². The first-order chi connectivity index (χ1) is 22.2. The predicted molar refractivity (Wildman–Crippen MR) is 189 cm³/mol. The summed E-state index contributed by atoms with van der Waals surface area (Å²) < 4.78 is 0. The molecule has 1 aliphatic heterocycles. The molecule has 1 heterocycles. The van der Waals surface area contributed by atoms with Crippen LogP contribution < -0.4 is 9.80 Å². The highest BCUT2D eigenvalue weighted by molar-refractivity contribution is 8.19. The lowest BCUT2D eigenvalue weighted by molar-refractivity contribution is -0.113. The van der Waals surface area contributed by atoms with Crippen molar-refractivity contribution in [2.24, 2.45) is 4.99 Å². The second-order valence-electron chi connectivity index (χ2n) is 10.5. The van der Waals surface area contributed by atoms with Gasteiger partial charge in [-0.3, -0.25) is 4.79 Å². The van der Waals surface area contributed by atoms with Crippen LogP contribution in [0, 0.1) is 0 Å². The second kappa shape index (κ2) is 12.9. The fourth-order valence-electron chi connectivity index (χ4n) is 5.36. The van der Waals surface area contributed by atoms with Crippen molar-refractivity contribution in [2.75, 3.05) is 9.80 Å². The van der Waals surface area contributed by atoms with Crippen molar-refractivity contribution < 1.29 is 4.79 Å². The van der Waals surface area contributed by atoms with Gasteiger partial charge in [-0.2, -0.15) is 0 Å². The van der Waals surface area contributed by atoms with Crippen LogP contribution in [0.3, 0.4) is 0 Å². The Balaban J connectivity index is 1.19. The summed E-state index contributed by atoms with van der Waals surface area (Å²) in [5.74, 6) is -0.200. The van der Waals surface area contributed by atoms with E-state index in [9.17, 15) is 4.79 Å². The summed E-state index contributed by atoms with van der Waals surface area (Å²) in [6, 6.07) is 57.9. The molecule has 5 heteroatoms. The molecule has 0 N–H and O–H groups in total. The van der Waals surface area contributed by atoms with Crippen LogP contribution in [0.5, 0.6) is 0 Å². The Bertz CT molecular complexity index is 1920. The van der Waals surface area contributed by atoms with Crippen LogP contribution in [-0.4, -0.2) is 11.0 Å². The number of benzene rings is 6. The van der Waals surface area contributed by atoms with E-state index in [4.69, 9.17) is 0 Å². The third-order valence-corrected chi connectivity index (χ3v) is 8.53. The number of para-hydroxylation sites is 3. The summed E-state index contributed by atoms with van der Waals surface area (Å²) in [6.07, 6.45) is 1.92. The summed E-state index contributed by atoms with van der Waals surface area (Å²) in [4.78, 5) is 22.1. The Morgan fingerprint density at radius 3 is 1.22 bits per heavy atom. The predicted octanol–water partition coefficient (Wildman–Crippen LogP) is 10.7. The molecule has 0 atom stereocenters. The Morgan fingerprint density at radius 2 is 0.800 bits per heavy atom. The normalized spacial score (nSPS) is 13.5. The Labute approximate surface area is 267 Å². The highest BCUT2D eigenvalue weighted by Crippen LogP contribution is 2.39. The number of carbonyl (C=O) groups excluding carboxylic acids is 1. The number of hydrogen-bond donors (Lipinski definition) is 0. The van der Waals surface area contributed by atoms with Gasteiger partial charge in [0.15, 0.2) is 0 Å². The first-order valence-corrected chi connectivity index (χ1v) is 15.6. The number of hydrogen-bond acceptors (Lipinski definition) is 4. The highest BCUT2D eigenvalue weighted by atomic mass is 32.2. The lowest BCUT2D eigenvalue weighted by Crippen LogP contribution is -2.12. The number of amides is 1. The zero-order valence-electron chi connectivity index (χ0n) is 24.4. The molecule has 0 unspecified atom stereocenters. The van der Waals surface area contributed by atoms with Crippen molar-refractivity contribution in [3.8, 4) is 0 Å². The summed E-state index contributed by atoms with van der Waals surface area (Å²) in [7, 11) is 0. The van der Waals surface area contributed by atoms with Crippen LogP contribution >= 0.6 is 11.8 Å². The highest BCUT2D eigenvalue weighted by Gasteiger charge is 2.23. The monoisotopic (exact) mass is 599 g/mol. The van der Waals surface area contributed by atoms with E-state index < -0.39 is 0 Å². The van der Waals surface area contributed by atoms with Gasteiger partial charge in [-0.05, 0) is 84.4 Å². The Kier molecular flexibility index (Phi) is 8.08. The lowest BCUT2D eigenvalue weighted by atomic mass is 10.1. The van der Waals surface area contributed by atoms with Gasteiger partial charge >= 0.3 is 0 Å². The molecule has 6 aromatic carbocycles. The standard InChI is InChI=1S/C40H29N3OS/c44-39-38(45-40(41-39)31-13-5-1-6-14-31)29-30-21-23-35(24-22-30)43(34-19-11-4-12-20-34)37-27-25-36(26-28-37)42(32-15-7-2-8-16-32)33-17-9-3-10-18-33/h1-29H. The van der Waals surface area contributed by atoms with E-state index in [1.54, 1.807) is 0 Å². The van der Waals surface area contributed by atoms with E-state index in [1.165, 1.54) is 11.8 Å². The van der Waals surface area contributed by atoms with Gasteiger partial charge < -0.3 is 9.80 Å². The molecule has 0 aromatic heterocycles. The summed E-state index contributed by atoms with van der Waals surface area (Å²) in [5.41, 5.74) is 8.29. The molecular weight excluding hydrogens is 571 g/mol. The van der Waals surface area contributed by atoms with Crippen LogP contribution in [0.1, 0.15) is 11.1 Å². The second-order valence-corrected chi connectivity index (χ2v) is 11.5. The van der Waals surface area contributed by atoms with E-state index in [2.05, 4.69) is 124 Å². The van der Waals surface area contributed by atoms with E-state index in [1.807, 2.05) is 66.7 Å². The average Bonchev–Trinajstić information content (AvgIpc) is 3.48. The van der Waals surface area contributed by atoms with Crippen molar-refractivity contribution in [3.63, 3.8) is 0 Å². The lowest BCUT2D eigenvalue weighted by Gasteiger charge is -2.28. The number of rotatable bonds is 8. The third kappa shape index (κ3) is 6.21. The molecule has 0 spiro atoms. The molecule has 1 amide bonds. The molecule has 6 aromatic rings. The third-order valence-electron chi connectivity index (χ3n) is 7.50. The molecule has 0 aliphatic carbocycles. The van der Waals surface area contributed by atoms with Gasteiger partial charge in [0.1, 0.15) is 5.04 Å². The van der Waals surface area contributed by atoms with Crippen molar-refractivity contribution >= 4 is 62.9 Å². The Morgan fingerprint density at radius 1 is 0.444 bits per heavy atom. The first-order valence-electron chi connectivity index (χ1n) is 14.8. The van der Waals surface area contributed by atoms with Crippen molar-refractivity contribution in [2.45, 2.75) is 0 Å². The van der Waals surface area contributed by atoms with E-state index >= 15 is 0 Å². The summed E-state index contributed by atoms with van der Waals surface area (Å²) >= 11 is 1.42. The maximum atomic E-state index is 12.7. The van der Waals surface area contributed by atoms with Gasteiger partial charge in [-0.1, -0.05) is 109 Å². The maximum absolute atomic E-state index is 12.7. The minimum atomic E-state index is -0.200. The average molecular weight is 600 g/mol. The quantitative estimate of drug-likeness (QED) is 0.163. The first kappa shape index (κ1) is 28.1. The van der Waals surface area contributed by atoms with Crippen molar-refractivity contribution in [1.82, 2.24) is 0 Å². The number of anilines is 6. The maximum Gasteiger partial charge on any atom is 0.284 e. The molecule has 0 saturated carbocycles. The number of nitrogens with zero attached hydrogens (tertiary/aromatic N) is 3.